The van der Waals surface area contributed by atoms with Gasteiger partial charge in [-0.05, 0) is 42.4 Å². The summed E-state index contributed by atoms with van der Waals surface area (Å²) in [5.74, 6) is 1.37. The standard InChI is InChI=1S/C26H33N3O3/c1-3-5-6-7-19-8-10-20(11-9-19)18-31-26-28-16-23(17-29-26)21-12-13-24(22(14-21)15-27)32-25(30)4-2/h12-14,16-17,19-20H,3-11,18H2,1-2H3/t19-,20-. The Hall–Kier alpha value is -2.94. The smallest absolute Gasteiger partial charge is 0.316 e. The summed E-state index contributed by atoms with van der Waals surface area (Å²) in [6.45, 7) is 4.63. The van der Waals surface area contributed by atoms with Crippen molar-refractivity contribution in [2.45, 2.75) is 71.6 Å². The Morgan fingerprint density at radius 2 is 1.78 bits per heavy atom. The summed E-state index contributed by atoms with van der Waals surface area (Å²) >= 11 is 0. The van der Waals surface area contributed by atoms with Crippen molar-refractivity contribution in [3.8, 4) is 29.0 Å². The molecular weight excluding hydrogens is 402 g/mol. The molecule has 0 aliphatic heterocycles. The number of nitrogens with zero attached hydrogens (tertiary/aromatic N) is 3. The van der Waals surface area contributed by atoms with Crippen molar-refractivity contribution in [3.05, 3.63) is 36.2 Å². The maximum Gasteiger partial charge on any atom is 0.316 e. The van der Waals surface area contributed by atoms with E-state index in [2.05, 4.69) is 23.0 Å². The van der Waals surface area contributed by atoms with Crippen LogP contribution in [0.15, 0.2) is 30.6 Å². The average molecular weight is 436 g/mol. The van der Waals surface area contributed by atoms with Gasteiger partial charge in [0.05, 0.1) is 12.2 Å². The number of hydrogen-bond acceptors (Lipinski definition) is 6. The lowest BCUT2D eigenvalue weighted by Crippen LogP contribution is -2.20. The third kappa shape index (κ3) is 6.78. The molecule has 0 amide bonds. The molecule has 1 heterocycles. The van der Waals surface area contributed by atoms with Crippen molar-refractivity contribution >= 4 is 5.97 Å². The van der Waals surface area contributed by atoms with E-state index in [0.29, 0.717) is 24.1 Å². The van der Waals surface area contributed by atoms with E-state index in [0.717, 1.165) is 17.0 Å². The predicted octanol–water partition coefficient (Wildman–Crippen LogP) is 6.10. The summed E-state index contributed by atoms with van der Waals surface area (Å²) in [5, 5.41) is 9.39. The molecule has 0 atom stereocenters. The molecule has 0 saturated heterocycles. The zero-order valence-electron chi connectivity index (χ0n) is 19.2. The van der Waals surface area contributed by atoms with Crippen LogP contribution in [0.4, 0.5) is 0 Å². The number of carbonyl (C=O) groups excluding carboxylic acids is 1. The SMILES string of the molecule is CCCCC[C@H]1CC[C@H](COc2ncc(-c3ccc(OC(=O)CC)c(C#N)c3)cn2)CC1. The zero-order chi connectivity index (χ0) is 22.8. The third-order valence-corrected chi connectivity index (χ3v) is 6.20. The minimum Gasteiger partial charge on any atom is -0.463 e. The van der Waals surface area contributed by atoms with Gasteiger partial charge in [-0.3, -0.25) is 4.79 Å². The summed E-state index contributed by atoms with van der Waals surface area (Å²) in [6, 6.07) is 7.56. The fourth-order valence-electron chi connectivity index (χ4n) is 4.18. The maximum absolute atomic E-state index is 11.5. The monoisotopic (exact) mass is 435 g/mol. The van der Waals surface area contributed by atoms with Gasteiger partial charge in [-0.2, -0.15) is 5.26 Å². The summed E-state index contributed by atoms with van der Waals surface area (Å²) in [5.41, 5.74) is 1.86. The van der Waals surface area contributed by atoms with Crippen molar-refractivity contribution in [2.75, 3.05) is 6.61 Å². The van der Waals surface area contributed by atoms with E-state index >= 15 is 0 Å². The molecule has 1 aliphatic carbocycles. The average Bonchev–Trinajstić information content (AvgIpc) is 2.84. The Kier molecular flexibility index (Phi) is 9.03. The number of benzene rings is 1. The highest BCUT2D eigenvalue weighted by molar-refractivity contribution is 5.74. The number of esters is 1. The number of nitriles is 1. The van der Waals surface area contributed by atoms with E-state index in [4.69, 9.17) is 9.47 Å². The molecule has 1 aliphatic rings. The molecule has 1 aromatic heterocycles. The summed E-state index contributed by atoms with van der Waals surface area (Å²) in [4.78, 5) is 20.2. The van der Waals surface area contributed by atoms with Crippen LogP contribution in [0.1, 0.15) is 77.2 Å². The number of hydrogen-bond donors (Lipinski definition) is 0. The second-order valence-electron chi connectivity index (χ2n) is 8.60. The van der Waals surface area contributed by atoms with Crippen LogP contribution in [-0.4, -0.2) is 22.5 Å². The van der Waals surface area contributed by atoms with Crippen molar-refractivity contribution in [2.24, 2.45) is 11.8 Å². The number of rotatable bonds is 10. The first-order chi connectivity index (χ1) is 15.6. The largest absolute Gasteiger partial charge is 0.463 e. The molecule has 0 bridgehead atoms. The van der Waals surface area contributed by atoms with Crippen LogP contribution >= 0.6 is 0 Å². The zero-order valence-corrected chi connectivity index (χ0v) is 19.2. The molecule has 6 nitrogen and oxygen atoms in total. The van der Waals surface area contributed by atoms with Crippen LogP contribution in [0.3, 0.4) is 0 Å². The molecular formula is C26H33N3O3. The van der Waals surface area contributed by atoms with Gasteiger partial charge in [0.2, 0.25) is 0 Å². The second-order valence-corrected chi connectivity index (χ2v) is 8.60. The molecule has 0 spiro atoms. The Morgan fingerprint density at radius 1 is 1.06 bits per heavy atom. The van der Waals surface area contributed by atoms with Gasteiger partial charge in [0.25, 0.3) is 0 Å². The quantitative estimate of drug-likeness (QED) is 0.255. The number of carbonyl (C=O) groups is 1. The third-order valence-electron chi connectivity index (χ3n) is 6.20. The normalized spacial score (nSPS) is 18.0. The summed E-state index contributed by atoms with van der Waals surface area (Å²) in [7, 11) is 0. The first-order valence-corrected chi connectivity index (χ1v) is 11.8. The second kappa shape index (κ2) is 12.2. The fraction of sp³-hybridized carbons (Fsp3) is 0.538. The lowest BCUT2D eigenvalue weighted by atomic mass is 9.80. The Morgan fingerprint density at radius 3 is 2.44 bits per heavy atom. The van der Waals surface area contributed by atoms with Crippen molar-refractivity contribution in [3.63, 3.8) is 0 Å². The topological polar surface area (TPSA) is 85.1 Å². The number of unbranched alkanes of at least 4 members (excludes halogenated alkanes) is 2. The predicted molar refractivity (Wildman–Crippen MR) is 123 cm³/mol. The molecule has 1 fully saturated rings. The van der Waals surface area contributed by atoms with Crippen molar-refractivity contribution in [1.29, 1.82) is 5.26 Å². The fourth-order valence-corrected chi connectivity index (χ4v) is 4.18. The Bertz CT molecular complexity index is 913. The van der Waals surface area contributed by atoms with Crippen LogP contribution in [0, 0.1) is 23.2 Å². The highest BCUT2D eigenvalue weighted by Crippen LogP contribution is 2.32. The minimum absolute atomic E-state index is 0.252. The Balaban J connectivity index is 1.51. The van der Waals surface area contributed by atoms with E-state index in [1.54, 1.807) is 37.5 Å². The summed E-state index contributed by atoms with van der Waals surface area (Å²) in [6.07, 6.45) is 14.1. The van der Waals surface area contributed by atoms with Crippen LogP contribution in [0.5, 0.6) is 11.8 Å². The highest BCUT2D eigenvalue weighted by Gasteiger charge is 2.21. The van der Waals surface area contributed by atoms with E-state index in [1.165, 1.54) is 51.4 Å². The van der Waals surface area contributed by atoms with Crippen LogP contribution in [0.2, 0.25) is 0 Å². The molecule has 170 valence electrons. The van der Waals surface area contributed by atoms with Crippen LogP contribution in [0.25, 0.3) is 11.1 Å². The highest BCUT2D eigenvalue weighted by atomic mass is 16.5. The number of aromatic nitrogens is 2. The summed E-state index contributed by atoms with van der Waals surface area (Å²) < 4.78 is 11.1. The van der Waals surface area contributed by atoms with E-state index in [9.17, 15) is 10.1 Å². The van der Waals surface area contributed by atoms with Crippen molar-refractivity contribution < 1.29 is 14.3 Å². The van der Waals surface area contributed by atoms with E-state index < -0.39 is 0 Å². The lowest BCUT2D eigenvalue weighted by molar-refractivity contribution is -0.134. The lowest BCUT2D eigenvalue weighted by Gasteiger charge is -2.28. The van der Waals surface area contributed by atoms with Gasteiger partial charge < -0.3 is 9.47 Å². The molecule has 32 heavy (non-hydrogen) atoms. The van der Waals surface area contributed by atoms with Gasteiger partial charge >= 0.3 is 12.0 Å². The van der Waals surface area contributed by atoms with Crippen molar-refractivity contribution in [1.82, 2.24) is 9.97 Å². The molecule has 0 radical (unpaired) electrons. The van der Waals surface area contributed by atoms with Gasteiger partial charge in [-0.15, -0.1) is 0 Å². The molecule has 6 heteroatoms. The molecule has 0 unspecified atom stereocenters. The van der Waals surface area contributed by atoms with E-state index in [1.807, 2.05) is 0 Å². The van der Waals surface area contributed by atoms with Gasteiger partial charge in [-0.25, -0.2) is 9.97 Å². The Labute approximate surface area is 191 Å². The molecule has 1 aromatic carbocycles. The first-order valence-electron chi connectivity index (χ1n) is 11.8. The van der Waals surface area contributed by atoms with Gasteiger partial charge in [0.15, 0.2) is 0 Å². The van der Waals surface area contributed by atoms with Gasteiger partial charge in [0, 0.05) is 24.4 Å². The molecule has 3 rings (SSSR count). The first kappa shape index (κ1) is 23.7. The molecule has 2 aromatic rings. The van der Waals surface area contributed by atoms with E-state index in [-0.39, 0.29) is 18.1 Å². The molecule has 1 saturated carbocycles. The maximum atomic E-state index is 11.5. The van der Waals surface area contributed by atoms with Gasteiger partial charge in [-0.1, -0.05) is 58.4 Å². The van der Waals surface area contributed by atoms with Crippen LogP contribution in [-0.2, 0) is 4.79 Å². The number of ether oxygens (including phenoxy) is 2. The van der Waals surface area contributed by atoms with Gasteiger partial charge in [0.1, 0.15) is 11.8 Å². The van der Waals surface area contributed by atoms with Crippen LogP contribution < -0.4 is 9.47 Å². The minimum atomic E-state index is -0.371. The molecule has 0 N–H and O–H groups in total.